The minimum atomic E-state index is -2.75. The molecule has 44 nitrogen and oxygen atoms in total. The highest BCUT2D eigenvalue weighted by atomic mass is 33.1. The first-order valence-corrected chi connectivity index (χ1v) is 45.7. The number of nitrogens with one attached hydrogen (secondary N) is 6. The number of nitrogen functional groups attached to an aromatic ring is 1. The molecule has 1 unspecified atom stereocenters. The number of rotatable bonds is 38. The van der Waals surface area contributed by atoms with Crippen molar-refractivity contribution < 1.29 is 121 Å². The number of hydrogen-bond acceptors (Lipinski definition) is 38. The number of amides is 5. The molecule has 2 saturated heterocycles. The van der Waals surface area contributed by atoms with E-state index >= 15 is 4.79 Å². The van der Waals surface area contributed by atoms with Crippen LogP contribution in [0.5, 0.6) is 5.75 Å². The van der Waals surface area contributed by atoms with Crippen molar-refractivity contribution >= 4 is 151 Å². The van der Waals surface area contributed by atoms with Crippen molar-refractivity contribution in [1.29, 1.82) is 0 Å². The summed E-state index contributed by atoms with van der Waals surface area (Å²) < 4.78 is 18.1. The molecule has 3 fully saturated rings. The van der Waals surface area contributed by atoms with Crippen molar-refractivity contribution in [3.05, 3.63) is 123 Å². The number of para-hydroxylation sites is 1. The van der Waals surface area contributed by atoms with Crippen LogP contribution in [-0.4, -0.2) is 271 Å². The summed E-state index contributed by atoms with van der Waals surface area (Å²) in [6.45, 7) is 12.2. The number of hydrogen-bond donors (Lipinski definition) is 13. The van der Waals surface area contributed by atoms with Gasteiger partial charge in [-0.1, -0.05) is 79.6 Å². The highest BCUT2D eigenvalue weighted by Gasteiger charge is 2.79. The lowest BCUT2D eigenvalue weighted by atomic mass is 9.47. The minimum absolute atomic E-state index is 0.0497. The Balaban J connectivity index is 0.00000155. The number of carbonyl (C=O) groups excluding carboxylic acids is 19. The molecule has 5 aliphatic heterocycles. The summed E-state index contributed by atoms with van der Waals surface area (Å²) >= 11 is 0. The normalized spacial score (nSPS) is 22.5. The summed E-state index contributed by atoms with van der Waals surface area (Å²) in [5.74, 6) is 1.98. The number of aliphatic imine (C=N–C) groups is 1. The molecule has 46 heteroatoms. The highest BCUT2D eigenvalue weighted by molar-refractivity contribution is 8.76. The first-order chi connectivity index (χ1) is 64.5. The van der Waals surface area contributed by atoms with Crippen molar-refractivity contribution in [3.8, 4) is 5.75 Å². The van der Waals surface area contributed by atoms with Crippen LogP contribution in [0.3, 0.4) is 0 Å². The smallest absolute Gasteiger partial charge is 0.431 e. The number of aliphatic hydroxyl groups excluding tert-OH is 1. The molecule has 3 aromatic heterocycles. The summed E-state index contributed by atoms with van der Waals surface area (Å²) in [5, 5.41) is 51.8. The molecule has 0 radical (unpaired) electrons. The number of methoxy groups -OCH3 is 1. The topological polar surface area (TPSA) is 678 Å². The Kier molecular flexibility index (Phi) is 40.9. The quantitative estimate of drug-likeness (QED) is 0.00301. The Morgan fingerprint density at radius 1 is 0.800 bits per heavy atom. The number of aliphatic hydroxyl groups is 3. The second-order valence-electron chi connectivity index (χ2n) is 33.4. The van der Waals surface area contributed by atoms with Crippen LogP contribution in [0.25, 0.3) is 22.1 Å². The largest absolute Gasteiger partial charge is 0.496 e. The zero-order valence-corrected chi connectivity index (χ0v) is 77.2. The fourth-order valence-electron chi connectivity index (χ4n) is 19.4. The van der Waals surface area contributed by atoms with E-state index in [1.165, 1.54) is 34.7 Å². The van der Waals surface area contributed by atoms with Gasteiger partial charge in [-0.25, -0.2) is 20.6 Å². The molecule has 1 aliphatic carbocycles. The third-order valence-electron chi connectivity index (χ3n) is 25.2. The molecular formula is C89H112N18O26S2. The van der Waals surface area contributed by atoms with Crippen LogP contribution in [0.2, 0.25) is 0 Å². The Morgan fingerprint density at radius 2 is 1.47 bits per heavy atom. The van der Waals surface area contributed by atoms with Gasteiger partial charge in [0.15, 0.2) is 34.3 Å². The number of imide groups is 1. The molecule has 17 N–H and O–H groups in total. The van der Waals surface area contributed by atoms with Crippen LogP contribution in [0, 0.1) is 23.2 Å². The summed E-state index contributed by atoms with van der Waals surface area (Å²) in [7, 11) is 6.09. The number of ether oxygens (including phenoxy) is 3. The molecule has 3 aromatic carbocycles. The molecule has 5 amide bonds. The number of benzene rings is 3. The second kappa shape index (κ2) is 50.8. The number of piperidine rings is 1. The van der Waals surface area contributed by atoms with Gasteiger partial charge < -0.3 is 77.9 Å². The first kappa shape index (κ1) is 109. The number of carbonyl (C=O) groups is 9. The van der Waals surface area contributed by atoms with Crippen molar-refractivity contribution in [2.24, 2.45) is 45.5 Å². The highest BCUT2D eigenvalue weighted by Crippen LogP contribution is 2.68. The SMILES string of the molecule is CC[C@]1(O)C[C@H]2CN(CCc3c([nH]c4ccccc34)[C@@](COC=O)(c3cc4c(cc3OC)N(C)[C@H]3[C@@](O)(C(=O)N(N)C(=O)OCCSSCCCC(=O)[C@H](C)NC(=O)[C@H](C)CC(=O)[C@H](CCCN=C(N)N)NC(=O)[C@H](C)CC(=O)CCCNC(=O)c5ccc(NCc6cnc7nc(N)[nH]c(=O)c7n6)cc5)[C@H](O)[C@]5(CC)C=CCN6CC[C@]43[C@@H]65)C2)C1.O=C=O.O=C=O.O=C=O.O=C=O.O=C=O. The molecule has 14 atom stereocenters. The molecule has 6 aliphatic rings. The number of likely N-dealkylation sites (N-methyl/N-ethyl adjacent to an activating group) is 1. The fraction of sp³-hybridized carbons (Fsp3) is 0.517. The summed E-state index contributed by atoms with van der Waals surface area (Å²) in [6.07, 6.45) is 7.21. The number of hydrazine groups is 1. The predicted molar refractivity (Wildman–Crippen MR) is 480 cm³/mol. The molecule has 726 valence electrons. The molecule has 1 saturated carbocycles. The third kappa shape index (κ3) is 25.9. The lowest BCUT2D eigenvalue weighted by Crippen LogP contribution is -2.82. The lowest BCUT2D eigenvalue weighted by Gasteiger charge is -2.63. The van der Waals surface area contributed by atoms with Gasteiger partial charge in [0, 0.05) is 157 Å². The standard InChI is InChI=1S/C84H112N18O16S2.5CO2/c1-8-80(114)40-51-41-82(46-117-47-103,67-57(25-31-100(44-51)45-80)56-17-10-11-18-60(56)95-67)59-38-58-62(39-65(59)116-7)99(6)74-83(58)27-32-101-30-15-26-81(9-2,73(83)101)75(111)84(74,115)76(112)102(88)79(113)118-33-35-120-119-34-14-20-63(105)50(5)93-69(107)49(4)37-64(106)61(19-13-29-90-77(85)86)96-70(108)48(3)36-55(104)16-12-28-89-71(109)52-21-23-53(24-22-52)91-42-54-43-92-68-66(94-54)72(110)98-78(87)97-68;5*2-1-3/h10-11,15,17-18,21-24,26,38-39,43,47-51,61,73-75,91,95,111,114-115H,8-9,12-14,16,19-20,25,27-37,40-42,44-46,88H2,1-7H3,(H,89,109)(H,93,107)(H,96,108)(H4,85,86,90)(H3,87,92,97,98,110);;;;;/t48-,49-,50+,51-,61+,73+,74-,75-,80+,81-,82+,83-,84+;;;;;/m1...../s1. The Hall–Kier alpha value is -13.2. The van der Waals surface area contributed by atoms with Crippen molar-refractivity contribution in [3.63, 3.8) is 0 Å². The van der Waals surface area contributed by atoms with Gasteiger partial charge in [-0.3, -0.25) is 62.9 Å². The van der Waals surface area contributed by atoms with E-state index in [0.717, 1.165) is 27.7 Å². The van der Waals surface area contributed by atoms with E-state index in [1.54, 1.807) is 52.3 Å². The number of ketones is 3. The van der Waals surface area contributed by atoms with E-state index in [1.807, 2.05) is 55.2 Å². The molecule has 8 heterocycles. The van der Waals surface area contributed by atoms with Gasteiger partial charge in [0.25, 0.3) is 23.8 Å². The predicted octanol–water partition coefficient (Wildman–Crippen LogP) is 1.56. The van der Waals surface area contributed by atoms with Gasteiger partial charge in [0.05, 0.1) is 54.7 Å². The zero-order chi connectivity index (χ0) is 99.7. The van der Waals surface area contributed by atoms with Crippen LogP contribution in [-0.2, 0) is 115 Å². The van der Waals surface area contributed by atoms with E-state index in [-0.39, 0.29) is 159 Å². The van der Waals surface area contributed by atoms with E-state index in [2.05, 4.69) is 73.1 Å². The van der Waals surface area contributed by atoms with Crippen LogP contribution in [0.15, 0.2) is 88.8 Å². The van der Waals surface area contributed by atoms with Gasteiger partial charge in [-0.2, -0.15) is 57.9 Å². The van der Waals surface area contributed by atoms with Gasteiger partial charge in [0.1, 0.15) is 30.9 Å². The van der Waals surface area contributed by atoms with E-state index in [9.17, 15) is 58.5 Å². The second-order valence-corrected chi connectivity index (χ2v) is 36.1. The molecule has 2 bridgehead atoms. The maximum absolute atomic E-state index is 15.5. The third-order valence-corrected chi connectivity index (χ3v) is 27.6. The van der Waals surface area contributed by atoms with Crippen LogP contribution in [0.4, 0.5) is 22.1 Å². The maximum Gasteiger partial charge on any atom is 0.431 e. The fourth-order valence-corrected chi connectivity index (χ4v) is 21.4. The summed E-state index contributed by atoms with van der Waals surface area (Å²) in [6, 6.07) is 15.1. The average molecular weight is 1910 g/mol. The minimum Gasteiger partial charge on any atom is -0.496 e. The van der Waals surface area contributed by atoms with Gasteiger partial charge in [-0.15, -0.1) is 0 Å². The molecule has 1 spiro atoms. The zero-order valence-electron chi connectivity index (χ0n) is 75.5. The maximum atomic E-state index is 15.5. The molecular weight excluding hydrogens is 1800 g/mol. The number of anilines is 3. The lowest BCUT2D eigenvalue weighted by molar-refractivity contribution is -0.209. The number of aromatic nitrogens is 5. The Bertz CT molecular complexity index is 5450. The molecule has 6 aromatic rings. The van der Waals surface area contributed by atoms with E-state index in [0.29, 0.717) is 130 Å². The number of nitrogens with zero attached hydrogens (tertiary/aromatic N) is 8. The number of fused-ring (bicyclic) bond motifs is 7. The van der Waals surface area contributed by atoms with Gasteiger partial charge in [0.2, 0.25) is 17.8 Å². The van der Waals surface area contributed by atoms with Crippen molar-refractivity contribution in [1.82, 2.24) is 55.7 Å². The number of Topliss-reactive ketones (excluding diaryl/α,β-unsaturated/α-hetero) is 3. The number of H-pyrrole nitrogens is 2. The Labute approximate surface area is 781 Å². The van der Waals surface area contributed by atoms with E-state index in [4.69, 9.17) is 85.2 Å². The van der Waals surface area contributed by atoms with Crippen LogP contribution in [0.1, 0.15) is 157 Å². The van der Waals surface area contributed by atoms with Crippen molar-refractivity contribution in [2.45, 2.75) is 183 Å². The van der Waals surface area contributed by atoms with Gasteiger partial charge in [-0.05, 0) is 131 Å². The van der Waals surface area contributed by atoms with Crippen molar-refractivity contribution in [2.75, 3.05) is 101 Å². The average Bonchev–Trinajstić information content (AvgIpc) is 1.48. The molecule has 135 heavy (non-hydrogen) atoms. The number of guanidine groups is 1. The summed E-state index contributed by atoms with van der Waals surface area (Å²) in [4.78, 5) is 245. The number of nitrogens with two attached hydrogens (primary N) is 4. The first-order valence-electron chi connectivity index (χ1n) is 43.2. The monoisotopic (exact) mass is 1910 g/mol. The summed E-state index contributed by atoms with van der Waals surface area (Å²) in [5.41, 5.74) is 15.5. The van der Waals surface area contributed by atoms with Gasteiger partial charge >= 0.3 is 36.9 Å². The van der Waals surface area contributed by atoms with Crippen LogP contribution >= 0.6 is 21.6 Å². The van der Waals surface area contributed by atoms with Crippen LogP contribution < -0.4 is 59.5 Å². The Morgan fingerprint density at radius 3 is 2.13 bits per heavy atom. The molecule has 12 rings (SSSR count). The van der Waals surface area contributed by atoms with E-state index < -0.39 is 105 Å². The number of aromatic amines is 2.